The van der Waals surface area contributed by atoms with E-state index in [1.54, 1.807) is 0 Å². The maximum Gasteiger partial charge on any atom is 0.261 e. The Bertz CT molecular complexity index is 321. The Labute approximate surface area is 105 Å². The molecule has 1 aromatic heterocycles. The van der Waals surface area contributed by atoms with Gasteiger partial charge in [-0.05, 0) is 19.4 Å². The molecule has 18 heavy (non-hydrogen) atoms. The fraction of sp³-hybridized carbons (Fsp3) is 0.818. The molecule has 0 unspecified atom stereocenters. The summed E-state index contributed by atoms with van der Waals surface area (Å²) in [4.78, 5) is 4.15. The van der Waals surface area contributed by atoms with Crippen LogP contribution in [-0.2, 0) is 17.6 Å². The fourth-order valence-electron chi connectivity index (χ4n) is 1.43. The SMILES string of the molecule is NCCCCCc1nc(CCOCC(F)F)no1. The lowest BCUT2D eigenvalue weighted by Crippen LogP contribution is -2.07. The molecule has 2 N–H and O–H groups in total. The van der Waals surface area contributed by atoms with Gasteiger partial charge < -0.3 is 15.0 Å². The van der Waals surface area contributed by atoms with E-state index in [0.717, 1.165) is 25.7 Å². The van der Waals surface area contributed by atoms with Crippen LogP contribution in [0.4, 0.5) is 8.78 Å². The number of hydrogen-bond acceptors (Lipinski definition) is 5. The monoisotopic (exact) mass is 263 g/mol. The Morgan fingerprint density at radius 1 is 1.22 bits per heavy atom. The van der Waals surface area contributed by atoms with E-state index in [9.17, 15) is 8.78 Å². The average molecular weight is 263 g/mol. The number of aryl methyl sites for hydroxylation is 1. The number of alkyl halides is 2. The van der Waals surface area contributed by atoms with Crippen molar-refractivity contribution < 1.29 is 18.0 Å². The minimum atomic E-state index is -2.44. The lowest BCUT2D eigenvalue weighted by Gasteiger charge is -1.99. The first-order valence-electron chi connectivity index (χ1n) is 6.09. The second-order valence-corrected chi connectivity index (χ2v) is 3.92. The van der Waals surface area contributed by atoms with Crippen LogP contribution >= 0.6 is 0 Å². The molecule has 0 fully saturated rings. The first kappa shape index (κ1) is 15.0. The molecule has 0 saturated heterocycles. The number of rotatable bonds is 10. The van der Waals surface area contributed by atoms with Crippen LogP contribution in [0.15, 0.2) is 4.52 Å². The van der Waals surface area contributed by atoms with Crippen LogP contribution in [0.3, 0.4) is 0 Å². The van der Waals surface area contributed by atoms with E-state index in [1.165, 1.54) is 0 Å². The number of hydrogen-bond donors (Lipinski definition) is 1. The molecular formula is C11H19F2N3O2. The zero-order valence-electron chi connectivity index (χ0n) is 10.3. The van der Waals surface area contributed by atoms with Crippen LogP contribution in [-0.4, -0.2) is 36.3 Å². The van der Waals surface area contributed by atoms with Crippen LogP contribution < -0.4 is 5.73 Å². The van der Waals surface area contributed by atoms with Crippen molar-refractivity contribution in [1.29, 1.82) is 0 Å². The van der Waals surface area contributed by atoms with Gasteiger partial charge in [0.15, 0.2) is 5.82 Å². The zero-order chi connectivity index (χ0) is 13.2. The van der Waals surface area contributed by atoms with Crippen molar-refractivity contribution in [2.24, 2.45) is 5.73 Å². The number of ether oxygens (including phenoxy) is 1. The summed E-state index contributed by atoms with van der Waals surface area (Å²) < 4.78 is 33.3. The summed E-state index contributed by atoms with van der Waals surface area (Å²) in [5.41, 5.74) is 5.38. The van der Waals surface area contributed by atoms with E-state index >= 15 is 0 Å². The van der Waals surface area contributed by atoms with Gasteiger partial charge >= 0.3 is 0 Å². The maximum absolute atomic E-state index is 11.8. The molecule has 0 saturated carbocycles. The van der Waals surface area contributed by atoms with Gasteiger partial charge in [-0.3, -0.25) is 0 Å². The Morgan fingerprint density at radius 3 is 2.78 bits per heavy atom. The van der Waals surface area contributed by atoms with Crippen molar-refractivity contribution in [3.8, 4) is 0 Å². The summed E-state index contributed by atoms with van der Waals surface area (Å²) in [7, 11) is 0. The third kappa shape index (κ3) is 6.61. The highest BCUT2D eigenvalue weighted by Gasteiger charge is 2.07. The largest absolute Gasteiger partial charge is 0.375 e. The third-order valence-electron chi connectivity index (χ3n) is 2.32. The lowest BCUT2D eigenvalue weighted by atomic mass is 10.2. The van der Waals surface area contributed by atoms with Crippen LogP contribution in [0.1, 0.15) is 31.0 Å². The molecule has 0 bridgehead atoms. The molecule has 0 aliphatic carbocycles. The molecule has 0 amide bonds. The van der Waals surface area contributed by atoms with Crippen molar-refractivity contribution in [3.05, 3.63) is 11.7 Å². The summed E-state index contributed by atoms with van der Waals surface area (Å²) in [6.07, 6.45) is 1.66. The van der Waals surface area contributed by atoms with Crippen molar-refractivity contribution in [2.45, 2.75) is 38.5 Å². The van der Waals surface area contributed by atoms with Gasteiger partial charge in [-0.25, -0.2) is 8.78 Å². The molecule has 0 radical (unpaired) electrons. The Hall–Kier alpha value is -1.08. The Balaban J connectivity index is 2.13. The van der Waals surface area contributed by atoms with Crippen molar-refractivity contribution >= 4 is 0 Å². The highest BCUT2D eigenvalue weighted by molar-refractivity contribution is 4.86. The summed E-state index contributed by atoms with van der Waals surface area (Å²) in [6, 6.07) is 0. The number of halogens is 2. The minimum Gasteiger partial charge on any atom is -0.375 e. The van der Waals surface area contributed by atoms with E-state index in [-0.39, 0.29) is 6.61 Å². The average Bonchev–Trinajstić information content (AvgIpc) is 2.78. The van der Waals surface area contributed by atoms with Crippen LogP contribution in [0.25, 0.3) is 0 Å². The Morgan fingerprint density at radius 2 is 2.06 bits per heavy atom. The zero-order valence-corrected chi connectivity index (χ0v) is 10.3. The quantitative estimate of drug-likeness (QED) is 0.648. The predicted molar refractivity (Wildman–Crippen MR) is 61.4 cm³/mol. The molecule has 5 nitrogen and oxygen atoms in total. The summed E-state index contributed by atoms with van der Waals surface area (Å²) >= 11 is 0. The number of nitrogens with two attached hydrogens (primary N) is 1. The Kier molecular flexibility index (Phi) is 7.43. The van der Waals surface area contributed by atoms with E-state index in [4.69, 9.17) is 15.0 Å². The molecule has 0 atom stereocenters. The molecular weight excluding hydrogens is 244 g/mol. The van der Waals surface area contributed by atoms with Gasteiger partial charge in [0.1, 0.15) is 6.61 Å². The topological polar surface area (TPSA) is 74.2 Å². The summed E-state index contributed by atoms with van der Waals surface area (Å²) in [6.45, 7) is 0.316. The van der Waals surface area contributed by atoms with Crippen molar-refractivity contribution in [1.82, 2.24) is 10.1 Å². The second-order valence-electron chi connectivity index (χ2n) is 3.92. The predicted octanol–water partition coefficient (Wildman–Crippen LogP) is 1.57. The normalized spacial score (nSPS) is 11.3. The van der Waals surface area contributed by atoms with Crippen molar-refractivity contribution in [2.75, 3.05) is 19.8 Å². The highest BCUT2D eigenvalue weighted by Crippen LogP contribution is 2.05. The van der Waals surface area contributed by atoms with Crippen molar-refractivity contribution in [3.63, 3.8) is 0 Å². The first-order chi connectivity index (χ1) is 8.72. The van der Waals surface area contributed by atoms with Gasteiger partial charge in [0.2, 0.25) is 5.89 Å². The smallest absolute Gasteiger partial charge is 0.261 e. The molecule has 104 valence electrons. The maximum atomic E-state index is 11.8. The lowest BCUT2D eigenvalue weighted by molar-refractivity contribution is 0.0182. The molecule has 0 aliphatic rings. The van der Waals surface area contributed by atoms with Gasteiger partial charge in [0.05, 0.1) is 6.61 Å². The van der Waals surface area contributed by atoms with Gasteiger partial charge in [0, 0.05) is 12.8 Å². The molecule has 0 aliphatic heterocycles. The molecule has 7 heteroatoms. The van der Waals surface area contributed by atoms with Gasteiger partial charge in [-0.2, -0.15) is 4.98 Å². The minimum absolute atomic E-state index is 0.177. The first-order valence-corrected chi connectivity index (χ1v) is 6.09. The number of aromatic nitrogens is 2. The number of unbranched alkanes of at least 4 members (excludes halogenated alkanes) is 2. The van der Waals surface area contributed by atoms with Gasteiger partial charge in [-0.1, -0.05) is 11.6 Å². The van der Waals surface area contributed by atoms with E-state index in [1.807, 2.05) is 0 Å². The van der Waals surface area contributed by atoms with Crippen LogP contribution in [0.2, 0.25) is 0 Å². The number of nitrogens with zero attached hydrogens (tertiary/aromatic N) is 2. The highest BCUT2D eigenvalue weighted by atomic mass is 19.3. The molecule has 1 rings (SSSR count). The van der Waals surface area contributed by atoms with E-state index in [2.05, 4.69) is 10.1 Å². The van der Waals surface area contributed by atoms with E-state index in [0.29, 0.717) is 24.7 Å². The molecule has 0 spiro atoms. The van der Waals surface area contributed by atoms with Crippen LogP contribution in [0, 0.1) is 0 Å². The molecule has 1 heterocycles. The fourth-order valence-corrected chi connectivity index (χ4v) is 1.43. The molecule has 1 aromatic rings. The third-order valence-corrected chi connectivity index (χ3v) is 2.32. The summed E-state index contributed by atoms with van der Waals surface area (Å²) in [5, 5.41) is 3.75. The van der Waals surface area contributed by atoms with E-state index < -0.39 is 13.0 Å². The molecule has 0 aromatic carbocycles. The van der Waals surface area contributed by atoms with Gasteiger partial charge in [0.25, 0.3) is 6.43 Å². The summed E-state index contributed by atoms with van der Waals surface area (Å²) in [5.74, 6) is 1.08. The van der Waals surface area contributed by atoms with Gasteiger partial charge in [-0.15, -0.1) is 0 Å². The second kappa shape index (κ2) is 8.93. The standard InChI is InChI=1S/C11H19F2N3O2/c12-9(13)8-17-7-5-10-15-11(18-16-10)4-2-1-3-6-14/h9H,1-8,14H2. The van der Waals surface area contributed by atoms with Crippen LogP contribution in [0.5, 0.6) is 0 Å².